The van der Waals surface area contributed by atoms with Crippen LogP contribution in [-0.4, -0.2) is 18.5 Å². The van der Waals surface area contributed by atoms with Crippen LogP contribution in [0.25, 0.3) is 0 Å². The van der Waals surface area contributed by atoms with Crippen LogP contribution in [0, 0.1) is 11.8 Å². The molecule has 0 aliphatic heterocycles. The molecular weight excluding hydrogens is 188 g/mol. The van der Waals surface area contributed by atoms with Crippen LogP contribution < -0.4 is 11.1 Å². The molecule has 2 fully saturated rings. The third-order valence-electron chi connectivity index (χ3n) is 3.92. The van der Waals surface area contributed by atoms with Crippen molar-refractivity contribution in [1.82, 2.24) is 5.32 Å². The minimum absolute atomic E-state index is 0.196. The maximum Gasteiger partial charge on any atom is 0.223 e. The quantitative estimate of drug-likeness (QED) is 0.737. The summed E-state index contributed by atoms with van der Waals surface area (Å²) in [5.41, 5.74) is 5.79. The molecule has 0 radical (unpaired) electrons. The van der Waals surface area contributed by atoms with Gasteiger partial charge in [0.1, 0.15) is 0 Å². The van der Waals surface area contributed by atoms with Crippen molar-refractivity contribution in [3.05, 3.63) is 0 Å². The van der Waals surface area contributed by atoms with Gasteiger partial charge in [-0.2, -0.15) is 0 Å². The van der Waals surface area contributed by atoms with Crippen molar-refractivity contribution >= 4 is 5.91 Å². The standard InChI is InChI=1S/C12H22N2O/c13-11-5-4-10(8-11)12(15)14-7-6-9-2-1-3-9/h9-11H,1-8,13H2,(H,14,15). The van der Waals surface area contributed by atoms with Gasteiger partial charge in [0, 0.05) is 18.5 Å². The van der Waals surface area contributed by atoms with E-state index in [0.717, 1.165) is 31.7 Å². The summed E-state index contributed by atoms with van der Waals surface area (Å²) in [6, 6.07) is 0.257. The fourth-order valence-electron chi connectivity index (χ4n) is 2.58. The van der Waals surface area contributed by atoms with Gasteiger partial charge in [-0.05, 0) is 31.6 Å². The second-order valence-electron chi connectivity index (χ2n) is 5.15. The molecule has 2 rings (SSSR count). The smallest absolute Gasteiger partial charge is 0.223 e. The largest absolute Gasteiger partial charge is 0.356 e. The molecule has 0 spiro atoms. The lowest BCUT2D eigenvalue weighted by atomic mass is 9.83. The van der Waals surface area contributed by atoms with E-state index in [-0.39, 0.29) is 17.9 Å². The molecule has 3 nitrogen and oxygen atoms in total. The Balaban J connectivity index is 1.59. The summed E-state index contributed by atoms with van der Waals surface area (Å²) < 4.78 is 0. The van der Waals surface area contributed by atoms with Crippen LogP contribution >= 0.6 is 0 Å². The van der Waals surface area contributed by atoms with Crippen molar-refractivity contribution in [2.75, 3.05) is 6.54 Å². The van der Waals surface area contributed by atoms with E-state index in [2.05, 4.69) is 5.32 Å². The van der Waals surface area contributed by atoms with Crippen molar-refractivity contribution < 1.29 is 4.79 Å². The molecule has 3 heteroatoms. The molecule has 2 unspecified atom stereocenters. The molecule has 1 amide bonds. The molecule has 2 aliphatic rings. The second kappa shape index (κ2) is 4.97. The Hall–Kier alpha value is -0.570. The molecule has 2 saturated carbocycles. The summed E-state index contributed by atoms with van der Waals surface area (Å²) in [7, 11) is 0. The minimum atomic E-state index is 0.196. The summed E-state index contributed by atoms with van der Waals surface area (Å²) in [5.74, 6) is 1.32. The topological polar surface area (TPSA) is 55.1 Å². The van der Waals surface area contributed by atoms with Crippen LogP contribution in [0.1, 0.15) is 44.9 Å². The molecule has 3 N–H and O–H groups in total. The van der Waals surface area contributed by atoms with Crippen LogP contribution in [0.3, 0.4) is 0 Å². The molecule has 0 bridgehead atoms. The molecule has 0 aromatic carbocycles. The number of rotatable bonds is 4. The number of hydrogen-bond acceptors (Lipinski definition) is 2. The zero-order chi connectivity index (χ0) is 10.7. The maximum atomic E-state index is 11.7. The fourth-order valence-corrected chi connectivity index (χ4v) is 2.58. The Labute approximate surface area is 91.8 Å². The Kier molecular flexibility index (Phi) is 3.62. The molecule has 0 aromatic heterocycles. The number of carbonyl (C=O) groups excluding carboxylic acids is 1. The Bertz CT molecular complexity index is 226. The van der Waals surface area contributed by atoms with E-state index in [4.69, 9.17) is 5.73 Å². The zero-order valence-electron chi connectivity index (χ0n) is 9.37. The fraction of sp³-hybridized carbons (Fsp3) is 0.917. The lowest BCUT2D eigenvalue weighted by molar-refractivity contribution is -0.124. The average molecular weight is 210 g/mol. The summed E-state index contributed by atoms with van der Waals surface area (Å²) in [6.07, 6.45) is 8.17. The Morgan fingerprint density at radius 1 is 1.27 bits per heavy atom. The van der Waals surface area contributed by atoms with E-state index in [1.807, 2.05) is 0 Å². The first-order valence-electron chi connectivity index (χ1n) is 6.29. The molecule has 2 aliphatic carbocycles. The van der Waals surface area contributed by atoms with Gasteiger partial charge in [0.2, 0.25) is 5.91 Å². The van der Waals surface area contributed by atoms with Gasteiger partial charge >= 0.3 is 0 Å². The van der Waals surface area contributed by atoms with E-state index < -0.39 is 0 Å². The Morgan fingerprint density at radius 3 is 2.60 bits per heavy atom. The van der Waals surface area contributed by atoms with Crippen LogP contribution in [-0.2, 0) is 4.79 Å². The minimum Gasteiger partial charge on any atom is -0.356 e. The van der Waals surface area contributed by atoms with E-state index in [1.54, 1.807) is 0 Å². The number of hydrogen-bond donors (Lipinski definition) is 2. The number of nitrogens with one attached hydrogen (secondary N) is 1. The highest BCUT2D eigenvalue weighted by Crippen LogP contribution is 2.29. The molecule has 15 heavy (non-hydrogen) atoms. The lowest BCUT2D eigenvalue weighted by Gasteiger charge is -2.25. The molecular formula is C12H22N2O. The summed E-state index contributed by atoms with van der Waals surface area (Å²) in [6.45, 7) is 0.870. The van der Waals surface area contributed by atoms with Gasteiger partial charge in [0.15, 0.2) is 0 Å². The van der Waals surface area contributed by atoms with Gasteiger partial charge in [-0.3, -0.25) is 4.79 Å². The van der Waals surface area contributed by atoms with Crippen molar-refractivity contribution in [3.63, 3.8) is 0 Å². The maximum absolute atomic E-state index is 11.7. The van der Waals surface area contributed by atoms with Crippen molar-refractivity contribution in [3.8, 4) is 0 Å². The first-order valence-corrected chi connectivity index (χ1v) is 6.29. The van der Waals surface area contributed by atoms with Crippen molar-refractivity contribution in [2.24, 2.45) is 17.6 Å². The molecule has 0 heterocycles. The van der Waals surface area contributed by atoms with E-state index in [0.29, 0.717) is 0 Å². The zero-order valence-corrected chi connectivity index (χ0v) is 9.37. The van der Waals surface area contributed by atoms with Gasteiger partial charge in [0.25, 0.3) is 0 Å². The van der Waals surface area contributed by atoms with E-state index in [1.165, 1.54) is 25.7 Å². The van der Waals surface area contributed by atoms with Gasteiger partial charge < -0.3 is 11.1 Å². The molecule has 2 atom stereocenters. The van der Waals surface area contributed by atoms with Crippen LogP contribution in [0.5, 0.6) is 0 Å². The van der Waals surface area contributed by atoms with Crippen molar-refractivity contribution in [2.45, 2.75) is 51.0 Å². The number of nitrogens with two attached hydrogens (primary N) is 1. The molecule has 0 aromatic rings. The Morgan fingerprint density at radius 2 is 2.07 bits per heavy atom. The van der Waals surface area contributed by atoms with E-state index in [9.17, 15) is 4.79 Å². The predicted octanol–water partition coefficient (Wildman–Crippen LogP) is 1.42. The molecule has 0 saturated heterocycles. The van der Waals surface area contributed by atoms with Gasteiger partial charge in [-0.15, -0.1) is 0 Å². The lowest BCUT2D eigenvalue weighted by Crippen LogP contribution is -2.32. The first kappa shape index (κ1) is 10.9. The third kappa shape index (κ3) is 2.94. The van der Waals surface area contributed by atoms with Gasteiger partial charge in [-0.1, -0.05) is 19.3 Å². The number of carbonyl (C=O) groups is 1. The SMILES string of the molecule is NC1CCC(C(=O)NCCC2CCC2)C1. The highest BCUT2D eigenvalue weighted by molar-refractivity contribution is 5.78. The highest BCUT2D eigenvalue weighted by atomic mass is 16.1. The third-order valence-corrected chi connectivity index (χ3v) is 3.92. The van der Waals surface area contributed by atoms with Crippen LogP contribution in [0.4, 0.5) is 0 Å². The average Bonchev–Trinajstić information content (AvgIpc) is 2.56. The second-order valence-corrected chi connectivity index (χ2v) is 5.15. The highest BCUT2D eigenvalue weighted by Gasteiger charge is 2.27. The monoisotopic (exact) mass is 210 g/mol. The van der Waals surface area contributed by atoms with Gasteiger partial charge in [0.05, 0.1) is 0 Å². The normalized spacial score (nSPS) is 31.3. The molecule has 86 valence electrons. The van der Waals surface area contributed by atoms with Crippen LogP contribution in [0.2, 0.25) is 0 Å². The van der Waals surface area contributed by atoms with E-state index >= 15 is 0 Å². The summed E-state index contributed by atoms with van der Waals surface area (Å²) in [5, 5.41) is 3.05. The first-order chi connectivity index (χ1) is 7.25. The summed E-state index contributed by atoms with van der Waals surface area (Å²) >= 11 is 0. The van der Waals surface area contributed by atoms with Crippen LogP contribution in [0.15, 0.2) is 0 Å². The predicted molar refractivity (Wildman–Crippen MR) is 60.3 cm³/mol. The summed E-state index contributed by atoms with van der Waals surface area (Å²) in [4.78, 5) is 11.7. The number of amides is 1. The van der Waals surface area contributed by atoms with Crippen molar-refractivity contribution in [1.29, 1.82) is 0 Å². The van der Waals surface area contributed by atoms with Gasteiger partial charge in [-0.25, -0.2) is 0 Å².